The van der Waals surface area contributed by atoms with Gasteiger partial charge in [-0.3, -0.25) is 4.79 Å². The summed E-state index contributed by atoms with van der Waals surface area (Å²) in [5, 5.41) is 24.0. The summed E-state index contributed by atoms with van der Waals surface area (Å²) < 4.78 is 0. The van der Waals surface area contributed by atoms with Crippen LogP contribution in [-0.2, 0) is 0 Å². The zero-order valence-electron chi connectivity index (χ0n) is 9.41. The Morgan fingerprint density at radius 1 is 1.44 bits per heavy atom. The van der Waals surface area contributed by atoms with Gasteiger partial charge in [-0.25, -0.2) is 0 Å². The van der Waals surface area contributed by atoms with Gasteiger partial charge < -0.3 is 16.2 Å². The third-order valence-electron chi connectivity index (χ3n) is 2.32. The average Bonchev–Trinajstić information content (AvgIpc) is 2.90. The van der Waals surface area contributed by atoms with Gasteiger partial charge in [-0.15, -0.1) is 10.2 Å². The third-order valence-corrected chi connectivity index (χ3v) is 3.02. The van der Waals surface area contributed by atoms with Crippen LogP contribution >= 0.6 is 11.3 Å². The van der Waals surface area contributed by atoms with E-state index < -0.39 is 12.0 Å². The first-order chi connectivity index (χ1) is 8.66. The Labute approximate surface area is 107 Å². The minimum Gasteiger partial charge on any atom is -0.387 e. The highest BCUT2D eigenvalue weighted by Gasteiger charge is 2.08. The molecule has 2 heterocycles. The number of aliphatic hydroxyl groups excluding tert-OH is 1. The van der Waals surface area contributed by atoms with E-state index in [2.05, 4.69) is 15.5 Å². The minimum atomic E-state index is -0.618. The van der Waals surface area contributed by atoms with Crippen LogP contribution in [0.25, 0.3) is 0 Å². The van der Waals surface area contributed by atoms with E-state index in [-0.39, 0.29) is 5.69 Å². The third kappa shape index (κ3) is 3.02. The number of nitrogens with zero attached hydrogens (tertiary/aromatic N) is 2. The molecule has 2 aromatic heterocycles. The second kappa shape index (κ2) is 5.56. The molecule has 1 amide bonds. The van der Waals surface area contributed by atoms with Crippen molar-refractivity contribution in [2.24, 2.45) is 5.73 Å². The predicted molar refractivity (Wildman–Crippen MR) is 68.3 cm³/mol. The van der Waals surface area contributed by atoms with E-state index in [1.54, 1.807) is 6.07 Å². The average molecular weight is 264 g/mol. The molecule has 4 N–H and O–H groups in total. The normalized spacial score (nSPS) is 12.1. The van der Waals surface area contributed by atoms with Crippen molar-refractivity contribution in [3.63, 3.8) is 0 Å². The van der Waals surface area contributed by atoms with Crippen LogP contribution in [0.5, 0.6) is 0 Å². The number of thiophene rings is 1. The first-order valence-corrected chi connectivity index (χ1v) is 6.18. The molecule has 6 nitrogen and oxygen atoms in total. The quantitative estimate of drug-likeness (QED) is 0.741. The summed E-state index contributed by atoms with van der Waals surface area (Å²) in [4.78, 5) is 10.8. The maximum atomic E-state index is 10.8. The number of aliphatic hydroxyl groups is 1. The molecule has 0 aliphatic rings. The van der Waals surface area contributed by atoms with Crippen LogP contribution in [0.15, 0.2) is 29.0 Å². The maximum absolute atomic E-state index is 10.8. The second-order valence-electron chi connectivity index (χ2n) is 3.62. The Morgan fingerprint density at radius 2 is 2.28 bits per heavy atom. The van der Waals surface area contributed by atoms with E-state index in [0.29, 0.717) is 12.4 Å². The number of carbonyl (C=O) groups excluding carboxylic acids is 1. The number of hydrogen-bond acceptors (Lipinski definition) is 6. The number of hydrogen-bond donors (Lipinski definition) is 3. The number of amides is 1. The van der Waals surface area contributed by atoms with Gasteiger partial charge in [0, 0.05) is 6.54 Å². The zero-order valence-corrected chi connectivity index (χ0v) is 10.2. The number of rotatable bonds is 5. The monoisotopic (exact) mass is 264 g/mol. The molecular formula is C11H12N4O2S. The van der Waals surface area contributed by atoms with Crippen LogP contribution in [0.4, 0.5) is 5.82 Å². The molecular weight excluding hydrogens is 252 g/mol. The van der Waals surface area contributed by atoms with Gasteiger partial charge in [0.25, 0.3) is 5.91 Å². The lowest BCUT2D eigenvalue weighted by Crippen LogP contribution is -2.16. The lowest BCUT2D eigenvalue weighted by atomic mass is 10.2. The summed E-state index contributed by atoms with van der Waals surface area (Å²) in [6.07, 6.45) is -0.603. The predicted octanol–water partition coefficient (Wildman–Crippen LogP) is 0.782. The summed E-state index contributed by atoms with van der Waals surface area (Å²) in [6.45, 7) is 0.321. The molecule has 0 aliphatic heterocycles. The Morgan fingerprint density at radius 3 is 2.83 bits per heavy atom. The van der Waals surface area contributed by atoms with Crippen molar-refractivity contribution in [2.75, 3.05) is 11.9 Å². The van der Waals surface area contributed by atoms with Gasteiger partial charge in [0.15, 0.2) is 5.69 Å². The van der Waals surface area contributed by atoms with E-state index in [4.69, 9.17) is 5.73 Å². The van der Waals surface area contributed by atoms with Crippen molar-refractivity contribution in [3.8, 4) is 0 Å². The minimum absolute atomic E-state index is 0.110. The molecule has 0 saturated heterocycles. The van der Waals surface area contributed by atoms with E-state index >= 15 is 0 Å². The topological polar surface area (TPSA) is 101 Å². The molecule has 0 bridgehead atoms. The van der Waals surface area contributed by atoms with Gasteiger partial charge in [-0.2, -0.15) is 11.3 Å². The number of primary amides is 1. The molecule has 0 fully saturated rings. The molecule has 18 heavy (non-hydrogen) atoms. The molecule has 7 heteroatoms. The zero-order chi connectivity index (χ0) is 13.0. The van der Waals surface area contributed by atoms with Crippen molar-refractivity contribution in [1.29, 1.82) is 0 Å². The van der Waals surface area contributed by atoms with Gasteiger partial charge in [-0.1, -0.05) is 0 Å². The molecule has 2 rings (SSSR count). The lowest BCUT2D eigenvalue weighted by molar-refractivity contribution is 0.0994. The molecule has 1 unspecified atom stereocenters. The van der Waals surface area contributed by atoms with Crippen LogP contribution in [0.3, 0.4) is 0 Å². The Bertz CT molecular complexity index is 512. The van der Waals surface area contributed by atoms with E-state index in [1.807, 2.05) is 16.8 Å². The molecule has 0 spiro atoms. The van der Waals surface area contributed by atoms with E-state index in [1.165, 1.54) is 17.4 Å². The maximum Gasteiger partial charge on any atom is 0.269 e. The highest BCUT2D eigenvalue weighted by Crippen LogP contribution is 2.16. The fraction of sp³-hybridized carbons (Fsp3) is 0.182. The van der Waals surface area contributed by atoms with Crippen molar-refractivity contribution in [2.45, 2.75) is 6.10 Å². The summed E-state index contributed by atoms with van der Waals surface area (Å²) in [5.74, 6) is -0.137. The van der Waals surface area contributed by atoms with E-state index in [0.717, 1.165) is 5.56 Å². The Kier molecular flexibility index (Phi) is 3.85. The first-order valence-electron chi connectivity index (χ1n) is 5.24. The van der Waals surface area contributed by atoms with Gasteiger partial charge >= 0.3 is 0 Å². The number of nitrogens with two attached hydrogens (primary N) is 1. The fourth-order valence-electron chi connectivity index (χ4n) is 1.34. The Hall–Kier alpha value is -1.99. The highest BCUT2D eigenvalue weighted by atomic mass is 32.1. The summed E-state index contributed by atoms with van der Waals surface area (Å²) in [5.41, 5.74) is 6.02. The first kappa shape index (κ1) is 12.5. The highest BCUT2D eigenvalue weighted by molar-refractivity contribution is 7.07. The molecule has 1 atom stereocenters. The van der Waals surface area contributed by atoms with Gasteiger partial charge in [0.05, 0.1) is 6.10 Å². The van der Waals surface area contributed by atoms with Crippen LogP contribution in [0.2, 0.25) is 0 Å². The van der Waals surface area contributed by atoms with Crippen molar-refractivity contribution < 1.29 is 9.90 Å². The van der Waals surface area contributed by atoms with Crippen molar-refractivity contribution in [3.05, 3.63) is 40.2 Å². The smallest absolute Gasteiger partial charge is 0.269 e. The summed E-state index contributed by atoms with van der Waals surface area (Å²) >= 11 is 1.53. The van der Waals surface area contributed by atoms with Crippen LogP contribution in [0, 0.1) is 0 Å². The van der Waals surface area contributed by atoms with Crippen LogP contribution in [0.1, 0.15) is 22.2 Å². The second-order valence-corrected chi connectivity index (χ2v) is 4.40. The molecule has 0 aromatic carbocycles. The summed E-state index contributed by atoms with van der Waals surface area (Å²) in [7, 11) is 0. The van der Waals surface area contributed by atoms with Crippen LogP contribution < -0.4 is 11.1 Å². The number of aromatic nitrogens is 2. The molecule has 0 radical (unpaired) electrons. The van der Waals surface area contributed by atoms with E-state index in [9.17, 15) is 9.90 Å². The molecule has 0 aliphatic carbocycles. The molecule has 94 valence electrons. The van der Waals surface area contributed by atoms with Crippen LogP contribution in [-0.4, -0.2) is 27.8 Å². The van der Waals surface area contributed by atoms with Gasteiger partial charge in [-0.05, 0) is 34.5 Å². The lowest BCUT2D eigenvalue weighted by Gasteiger charge is -2.10. The Balaban J connectivity index is 1.92. The van der Waals surface area contributed by atoms with Gasteiger partial charge in [0.2, 0.25) is 0 Å². The van der Waals surface area contributed by atoms with Crippen molar-refractivity contribution in [1.82, 2.24) is 10.2 Å². The largest absolute Gasteiger partial charge is 0.387 e. The summed E-state index contributed by atoms with van der Waals surface area (Å²) in [6, 6.07) is 4.93. The SMILES string of the molecule is NC(=O)c1ccc(NCC(O)c2ccsc2)nn1. The molecule has 2 aromatic rings. The molecule has 0 saturated carbocycles. The van der Waals surface area contributed by atoms with Gasteiger partial charge in [0.1, 0.15) is 5.82 Å². The standard InChI is InChI=1S/C11H12N4O2S/c12-11(17)8-1-2-10(15-14-8)13-5-9(16)7-3-4-18-6-7/h1-4,6,9,16H,5H2,(H2,12,17)(H,13,15). The number of nitrogens with one attached hydrogen (secondary N) is 1. The number of anilines is 1. The van der Waals surface area contributed by atoms with Crippen molar-refractivity contribution >= 4 is 23.1 Å². The fourth-order valence-corrected chi connectivity index (χ4v) is 2.05. The number of carbonyl (C=O) groups is 1.